The molecule has 0 radical (unpaired) electrons. The molecule has 3 aliphatic rings. The summed E-state index contributed by atoms with van der Waals surface area (Å²) in [7, 11) is 1.54. The number of amides is 3. The number of likely N-dealkylation sites (tertiary alicyclic amines) is 1. The molecule has 1 spiro atoms. The first-order valence-electron chi connectivity index (χ1n) is 9.27. The van der Waals surface area contributed by atoms with Gasteiger partial charge in [0, 0.05) is 19.6 Å². The van der Waals surface area contributed by atoms with Crippen molar-refractivity contribution in [1.82, 2.24) is 15.5 Å². The number of nitrogens with one attached hydrogen (secondary N) is 2. The molecular weight excluding hydrogens is 338 g/mol. The molecule has 146 valence electrons. The van der Waals surface area contributed by atoms with Crippen molar-refractivity contribution in [1.29, 1.82) is 0 Å². The molecular formula is C18H29N3O5. The van der Waals surface area contributed by atoms with E-state index in [1.165, 1.54) is 4.90 Å². The first kappa shape index (κ1) is 19.1. The molecule has 3 heterocycles. The van der Waals surface area contributed by atoms with Gasteiger partial charge >= 0.3 is 0 Å². The summed E-state index contributed by atoms with van der Waals surface area (Å²) in [5, 5.41) is 15.0. The highest BCUT2D eigenvalue weighted by Crippen LogP contribution is 2.65. The Balaban J connectivity index is 2.10. The largest absolute Gasteiger partial charge is 0.395 e. The van der Waals surface area contributed by atoms with E-state index in [0.717, 1.165) is 0 Å². The third-order valence-electron chi connectivity index (χ3n) is 6.36. The second kappa shape index (κ2) is 6.20. The molecule has 2 bridgehead atoms. The topological polar surface area (TPSA) is 108 Å². The molecule has 0 aliphatic carbocycles. The lowest BCUT2D eigenvalue weighted by Crippen LogP contribution is -2.57. The number of rotatable bonds is 5. The Hall–Kier alpha value is -1.67. The Morgan fingerprint density at radius 3 is 2.58 bits per heavy atom. The zero-order valence-electron chi connectivity index (χ0n) is 16.0. The number of fused-ring (bicyclic) bond motifs is 1. The van der Waals surface area contributed by atoms with Gasteiger partial charge in [0.2, 0.25) is 17.7 Å². The van der Waals surface area contributed by atoms with E-state index in [9.17, 15) is 19.5 Å². The fraction of sp³-hybridized carbons (Fsp3) is 0.833. The number of carbonyl (C=O) groups is 3. The van der Waals surface area contributed by atoms with Gasteiger partial charge in [0.15, 0.2) is 0 Å². The fourth-order valence-electron chi connectivity index (χ4n) is 5.31. The quantitative estimate of drug-likeness (QED) is 0.593. The predicted molar refractivity (Wildman–Crippen MR) is 92.9 cm³/mol. The molecule has 3 unspecified atom stereocenters. The molecule has 8 heteroatoms. The van der Waals surface area contributed by atoms with Crippen LogP contribution < -0.4 is 10.6 Å². The zero-order valence-corrected chi connectivity index (χ0v) is 16.0. The predicted octanol–water partition coefficient (Wildman–Crippen LogP) is -0.740. The van der Waals surface area contributed by atoms with Crippen LogP contribution in [0.3, 0.4) is 0 Å². The van der Waals surface area contributed by atoms with Gasteiger partial charge in [-0.15, -0.1) is 0 Å². The Kier molecular flexibility index (Phi) is 4.55. The second-order valence-corrected chi connectivity index (χ2v) is 8.24. The molecule has 3 fully saturated rings. The second-order valence-electron chi connectivity index (χ2n) is 8.24. The van der Waals surface area contributed by atoms with Crippen LogP contribution in [0.4, 0.5) is 0 Å². The molecule has 6 atom stereocenters. The number of carbonyl (C=O) groups excluding carboxylic acids is 3. The van der Waals surface area contributed by atoms with Gasteiger partial charge in [-0.25, -0.2) is 0 Å². The van der Waals surface area contributed by atoms with E-state index >= 15 is 0 Å². The van der Waals surface area contributed by atoms with Crippen molar-refractivity contribution in [3.05, 3.63) is 0 Å². The number of ether oxygens (including phenoxy) is 1. The van der Waals surface area contributed by atoms with Crippen LogP contribution in [0.1, 0.15) is 34.1 Å². The lowest BCUT2D eigenvalue weighted by molar-refractivity contribution is -0.148. The van der Waals surface area contributed by atoms with E-state index in [-0.39, 0.29) is 42.8 Å². The molecule has 3 amide bonds. The lowest BCUT2D eigenvalue weighted by Gasteiger charge is -2.36. The molecule has 3 rings (SSSR count). The van der Waals surface area contributed by atoms with E-state index in [1.807, 2.05) is 27.7 Å². The van der Waals surface area contributed by atoms with Gasteiger partial charge in [-0.3, -0.25) is 14.4 Å². The standard InChI is InChI=1S/C18H29N3O5/c1-9(2)20-15(24)13-18-8-10(3)17(4,26-18)11(14(23)19-5)12(18)16(25)21(13)6-7-22/h9-13,22H,6-8H2,1-5H3,(H,19,23)(H,20,24)/t10?,11-,12+,13?,17+,18?/m1/s1. The van der Waals surface area contributed by atoms with Gasteiger partial charge in [0.25, 0.3) is 0 Å². The van der Waals surface area contributed by atoms with Crippen molar-refractivity contribution in [3.63, 3.8) is 0 Å². The Morgan fingerprint density at radius 2 is 2.04 bits per heavy atom. The highest BCUT2D eigenvalue weighted by molar-refractivity contribution is 5.99. The van der Waals surface area contributed by atoms with E-state index in [0.29, 0.717) is 6.42 Å². The van der Waals surface area contributed by atoms with Crippen molar-refractivity contribution in [3.8, 4) is 0 Å². The molecule has 0 aromatic carbocycles. The number of nitrogens with zero attached hydrogens (tertiary/aromatic N) is 1. The average Bonchev–Trinajstić information content (AvgIpc) is 3.05. The summed E-state index contributed by atoms with van der Waals surface area (Å²) in [5.41, 5.74) is -1.82. The number of β-amino-alcohol motifs (C(OH)–C–C–N with tert-alkyl or cyclic N) is 1. The molecule has 8 nitrogen and oxygen atoms in total. The summed E-state index contributed by atoms with van der Waals surface area (Å²) >= 11 is 0. The molecule has 26 heavy (non-hydrogen) atoms. The summed E-state index contributed by atoms with van der Waals surface area (Å²) in [5.74, 6) is -2.16. The van der Waals surface area contributed by atoms with Crippen molar-refractivity contribution < 1.29 is 24.2 Å². The van der Waals surface area contributed by atoms with E-state index in [4.69, 9.17) is 4.74 Å². The summed E-state index contributed by atoms with van der Waals surface area (Å²) in [6.07, 6.45) is 0.533. The van der Waals surface area contributed by atoms with Crippen molar-refractivity contribution in [2.24, 2.45) is 17.8 Å². The van der Waals surface area contributed by atoms with Crippen LogP contribution in [-0.4, -0.2) is 71.2 Å². The Labute approximate surface area is 153 Å². The van der Waals surface area contributed by atoms with Crippen LogP contribution in [0.15, 0.2) is 0 Å². The van der Waals surface area contributed by atoms with Crippen molar-refractivity contribution in [2.45, 2.75) is 57.4 Å². The normalized spacial score (nSPS) is 40.9. The van der Waals surface area contributed by atoms with E-state index < -0.39 is 29.1 Å². The van der Waals surface area contributed by atoms with Crippen LogP contribution >= 0.6 is 0 Å². The lowest BCUT2D eigenvalue weighted by atomic mass is 9.62. The van der Waals surface area contributed by atoms with E-state index in [2.05, 4.69) is 10.6 Å². The third-order valence-corrected chi connectivity index (χ3v) is 6.36. The SMILES string of the molecule is CNC(=O)[C@H]1[C@H]2C(=O)N(CCO)C(C(=O)NC(C)C)C23CC(C)[C@]1(C)O3. The maximum absolute atomic E-state index is 13.2. The smallest absolute Gasteiger partial charge is 0.246 e. The molecule has 0 aromatic rings. The number of hydrogen-bond acceptors (Lipinski definition) is 5. The van der Waals surface area contributed by atoms with Gasteiger partial charge in [0.05, 0.1) is 24.0 Å². The summed E-state index contributed by atoms with van der Waals surface area (Å²) < 4.78 is 6.42. The summed E-state index contributed by atoms with van der Waals surface area (Å²) in [6.45, 7) is 7.36. The van der Waals surface area contributed by atoms with Crippen LogP contribution in [-0.2, 0) is 19.1 Å². The zero-order chi connectivity index (χ0) is 19.4. The monoisotopic (exact) mass is 367 g/mol. The number of aliphatic hydroxyl groups excluding tert-OH is 1. The minimum Gasteiger partial charge on any atom is -0.395 e. The minimum absolute atomic E-state index is 0.0253. The first-order valence-corrected chi connectivity index (χ1v) is 9.27. The van der Waals surface area contributed by atoms with Crippen LogP contribution in [0, 0.1) is 17.8 Å². The Morgan fingerprint density at radius 1 is 1.38 bits per heavy atom. The molecule has 0 aromatic heterocycles. The van der Waals surface area contributed by atoms with Crippen molar-refractivity contribution >= 4 is 17.7 Å². The summed E-state index contributed by atoms with van der Waals surface area (Å²) in [6, 6.07) is -0.932. The summed E-state index contributed by atoms with van der Waals surface area (Å²) in [4.78, 5) is 40.3. The van der Waals surface area contributed by atoms with Gasteiger partial charge in [-0.2, -0.15) is 0 Å². The van der Waals surface area contributed by atoms with Crippen molar-refractivity contribution in [2.75, 3.05) is 20.2 Å². The highest BCUT2D eigenvalue weighted by atomic mass is 16.5. The maximum atomic E-state index is 13.2. The first-order chi connectivity index (χ1) is 12.1. The van der Waals surface area contributed by atoms with Gasteiger partial charge in [-0.1, -0.05) is 6.92 Å². The van der Waals surface area contributed by atoms with Crippen LogP contribution in [0.2, 0.25) is 0 Å². The molecule has 3 N–H and O–H groups in total. The Bertz CT molecular complexity index is 638. The van der Waals surface area contributed by atoms with Gasteiger partial charge in [0.1, 0.15) is 11.6 Å². The minimum atomic E-state index is -1.03. The van der Waals surface area contributed by atoms with Crippen LogP contribution in [0.5, 0.6) is 0 Å². The molecule has 0 saturated carbocycles. The fourth-order valence-corrected chi connectivity index (χ4v) is 5.31. The molecule has 3 aliphatic heterocycles. The van der Waals surface area contributed by atoms with E-state index in [1.54, 1.807) is 7.05 Å². The molecule has 3 saturated heterocycles. The van der Waals surface area contributed by atoms with Gasteiger partial charge in [-0.05, 0) is 33.1 Å². The number of hydrogen-bond donors (Lipinski definition) is 3. The average molecular weight is 367 g/mol. The van der Waals surface area contributed by atoms with Crippen LogP contribution in [0.25, 0.3) is 0 Å². The van der Waals surface area contributed by atoms with Gasteiger partial charge < -0.3 is 25.4 Å². The maximum Gasteiger partial charge on any atom is 0.246 e. The third kappa shape index (κ3) is 2.31. The number of aliphatic hydroxyl groups is 1. The highest BCUT2D eigenvalue weighted by Gasteiger charge is 2.79.